The molecular formula is C11H15BrN2O. The Balaban J connectivity index is 2.74. The summed E-state index contributed by atoms with van der Waals surface area (Å²) >= 11 is 3.28. The monoisotopic (exact) mass is 270 g/mol. The van der Waals surface area contributed by atoms with Crippen LogP contribution in [0.2, 0.25) is 0 Å². The van der Waals surface area contributed by atoms with Crippen molar-refractivity contribution in [1.29, 1.82) is 0 Å². The highest BCUT2D eigenvalue weighted by Gasteiger charge is 2.19. The summed E-state index contributed by atoms with van der Waals surface area (Å²) in [6.45, 7) is 6.02. The van der Waals surface area contributed by atoms with Crippen molar-refractivity contribution in [2.45, 2.75) is 32.7 Å². The lowest BCUT2D eigenvalue weighted by atomic mass is 10.0. The number of pyridine rings is 1. The lowest BCUT2D eigenvalue weighted by molar-refractivity contribution is 0.0906. The molecule has 82 valence electrons. The van der Waals surface area contributed by atoms with Crippen molar-refractivity contribution in [2.24, 2.45) is 0 Å². The van der Waals surface area contributed by atoms with Gasteiger partial charge in [0, 0.05) is 16.2 Å². The maximum Gasteiger partial charge on any atom is 0.270 e. The molecule has 1 heterocycles. The average molecular weight is 271 g/mol. The van der Waals surface area contributed by atoms with Crippen LogP contribution in [-0.4, -0.2) is 16.4 Å². The second kappa shape index (κ2) is 4.75. The van der Waals surface area contributed by atoms with Crippen LogP contribution in [0.15, 0.2) is 22.8 Å². The molecule has 0 radical (unpaired) electrons. The molecular weight excluding hydrogens is 256 g/mol. The number of halogens is 1. The van der Waals surface area contributed by atoms with Gasteiger partial charge in [0.05, 0.1) is 0 Å². The van der Waals surface area contributed by atoms with Crippen molar-refractivity contribution in [3.8, 4) is 0 Å². The molecule has 1 aromatic heterocycles. The third-order valence-corrected chi connectivity index (χ3v) is 2.76. The summed E-state index contributed by atoms with van der Waals surface area (Å²) < 4.78 is 0.869. The molecule has 0 saturated carbocycles. The molecule has 4 heteroatoms. The largest absolute Gasteiger partial charge is 0.346 e. The van der Waals surface area contributed by atoms with E-state index in [0.717, 1.165) is 10.9 Å². The molecule has 0 unspecified atom stereocenters. The Morgan fingerprint density at radius 1 is 1.53 bits per heavy atom. The predicted octanol–water partition coefficient (Wildman–Crippen LogP) is 2.76. The van der Waals surface area contributed by atoms with E-state index in [9.17, 15) is 4.79 Å². The fraction of sp³-hybridized carbons (Fsp3) is 0.455. The van der Waals surface area contributed by atoms with Crippen molar-refractivity contribution in [2.75, 3.05) is 0 Å². The number of amides is 1. The Kier molecular flexibility index (Phi) is 3.85. The first kappa shape index (κ1) is 12.2. The summed E-state index contributed by atoms with van der Waals surface area (Å²) in [6.07, 6.45) is 2.50. The van der Waals surface area contributed by atoms with Gasteiger partial charge < -0.3 is 5.32 Å². The van der Waals surface area contributed by atoms with Gasteiger partial charge in [-0.1, -0.05) is 6.92 Å². The highest BCUT2D eigenvalue weighted by molar-refractivity contribution is 9.10. The van der Waals surface area contributed by atoms with E-state index < -0.39 is 0 Å². The first-order valence-corrected chi connectivity index (χ1v) is 5.68. The van der Waals surface area contributed by atoms with Gasteiger partial charge in [-0.25, -0.2) is 4.98 Å². The summed E-state index contributed by atoms with van der Waals surface area (Å²) in [5.74, 6) is -0.130. The van der Waals surface area contributed by atoms with Crippen LogP contribution >= 0.6 is 15.9 Å². The fourth-order valence-electron chi connectivity index (χ4n) is 0.970. The third kappa shape index (κ3) is 3.63. The molecule has 0 spiro atoms. The molecule has 0 aliphatic rings. The second-order valence-electron chi connectivity index (χ2n) is 4.05. The number of rotatable bonds is 3. The predicted molar refractivity (Wildman–Crippen MR) is 63.8 cm³/mol. The third-order valence-electron chi connectivity index (χ3n) is 2.30. The fourth-order valence-corrected chi connectivity index (χ4v) is 1.20. The minimum absolute atomic E-state index is 0.130. The first-order valence-electron chi connectivity index (χ1n) is 4.88. The molecule has 0 fully saturated rings. The van der Waals surface area contributed by atoms with Crippen LogP contribution in [0.3, 0.4) is 0 Å². The number of aromatic nitrogens is 1. The molecule has 1 amide bonds. The molecule has 1 aromatic rings. The van der Waals surface area contributed by atoms with Gasteiger partial charge in [-0.05, 0) is 48.3 Å². The smallest absolute Gasteiger partial charge is 0.270 e. The van der Waals surface area contributed by atoms with E-state index in [1.807, 2.05) is 20.8 Å². The van der Waals surface area contributed by atoms with E-state index in [4.69, 9.17) is 0 Å². The second-order valence-corrected chi connectivity index (χ2v) is 4.97. The van der Waals surface area contributed by atoms with Gasteiger partial charge in [0.15, 0.2) is 0 Å². The number of hydrogen-bond acceptors (Lipinski definition) is 2. The summed E-state index contributed by atoms with van der Waals surface area (Å²) in [7, 11) is 0. The zero-order chi connectivity index (χ0) is 11.5. The molecule has 1 rings (SSSR count). The maximum atomic E-state index is 11.7. The summed E-state index contributed by atoms with van der Waals surface area (Å²) in [5, 5.41) is 2.92. The normalized spacial score (nSPS) is 11.2. The SMILES string of the molecule is CCC(C)(C)NC(=O)c1ccc(Br)cn1. The summed E-state index contributed by atoms with van der Waals surface area (Å²) in [6, 6.07) is 3.51. The number of nitrogens with one attached hydrogen (secondary N) is 1. The quantitative estimate of drug-likeness (QED) is 0.918. The van der Waals surface area contributed by atoms with Crippen LogP contribution < -0.4 is 5.32 Å². The van der Waals surface area contributed by atoms with Gasteiger partial charge in [-0.15, -0.1) is 0 Å². The number of hydrogen-bond donors (Lipinski definition) is 1. The highest BCUT2D eigenvalue weighted by Crippen LogP contribution is 2.10. The Hall–Kier alpha value is -0.900. The van der Waals surface area contributed by atoms with Crippen LogP contribution in [0.4, 0.5) is 0 Å². The first-order chi connectivity index (χ1) is 6.94. The molecule has 0 saturated heterocycles. The van der Waals surface area contributed by atoms with Crippen LogP contribution in [0, 0.1) is 0 Å². The Bertz CT molecular complexity index is 346. The Morgan fingerprint density at radius 3 is 2.67 bits per heavy atom. The standard InChI is InChI=1S/C11H15BrN2O/c1-4-11(2,3)14-10(15)9-6-5-8(12)7-13-9/h5-7H,4H2,1-3H3,(H,14,15). The molecule has 3 nitrogen and oxygen atoms in total. The van der Waals surface area contributed by atoms with Crippen LogP contribution in [-0.2, 0) is 0 Å². The number of carbonyl (C=O) groups excluding carboxylic acids is 1. The van der Waals surface area contributed by atoms with Crippen molar-refractivity contribution < 1.29 is 4.79 Å². The minimum atomic E-state index is -0.189. The van der Waals surface area contributed by atoms with E-state index in [1.165, 1.54) is 0 Å². The lowest BCUT2D eigenvalue weighted by Gasteiger charge is -2.24. The van der Waals surface area contributed by atoms with Gasteiger partial charge >= 0.3 is 0 Å². The molecule has 0 aliphatic heterocycles. The number of carbonyl (C=O) groups is 1. The van der Waals surface area contributed by atoms with Gasteiger partial charge in [0.2, 0.25) is 0 Å². The van der Waals surface area contributed by atoms with Crippen molar-refractivity contribution in [3.63, 3.8) is 0 Å². The molecule has 1 N–H and O–H groups in total. The Morgan fingerprint density at radius 2 is 2.20 bits per heavy atom. The van der Waals surface area contributed by atoms with E-state index >= 15 is 0 Å². The van der Waals surface area contributed by atoms with E-state index in [0.29, 0.717) is 5.69 Å². The average Bonchev–Trinajstić information content (AvgIpc) is 2.18. The topological polar surface area (TPSA) is 42.0 Å². The van der Waals surface area contributed by atoms with Crippen LogP contribution in [0.1, 0.15) is 37.7 Å². The highest BCUT2D eigenvalue weighted by atomic mass is 79.9. The molecule has 0 atom stereocenters. The van der Waals surface area contributed by atoms with Crippen molar-refractivity contribution in [1.82, 2.24) is 10.3 Å². The van der Waals surface area contributed by atoms with Crippen molar-refractivity contribution in [3.05, 3.63) is 28.5 Å². The van der Waals surface area contributed by atoms with Crippen LogP contribution in [0.25, 0.3) is 0 Å². The minimum Gasteiger partial charge on any atom is -0.346 e. The summed E-state index contributed by atoms with van der Waals surface area (Å²) in [5.41, 5.74) is 0.256. The van der Waals surface area contributed by atoms with E-state index in [1.54, 1.807) is 18.3 Å². The van der Waals surface area contributed by atoms with Gasteiger partial charge in [0.1, 0.15) is 5.69 Å². The zero-order valence-corrected chi connectivity index (χ0v) is 10.8. The van der Waals surface area contributed by atoms with Gasteiger partial charge in [-0.2, -0.15) is 0 Å². The van der Waals surface area contributed by atoms with E-state index in [2.05, 4.69) is 26.2 Å². The summed E-state index contributed by atoms with van der Waals surface area (Å²) in [4.78, 5) is 15.8. The van der Waals surface area contributed by atoms with Crippen LogP contribution in [0.5, 0.6) is 0 Å². The molecule has 0 aliphatic carbocycles. The number of nitrogens with zero attached hydrogens (tertiary/aromatic N) is 1. The van der Waals surface area contributed by atoms with Gasteiger partial charge in [-0.3, -0.25) is 4.79 Å². The zero-order valence-electron chi connectivity index (χ0n) is 9.17. The maximum absolute atomic E-state index is 11.7. The van der Waals surface area contributed by atoms with E-state index in [-0.39, 0.29) is 11.4 Å². The van der Waals surface area contributed by atoms with Crippen molar-refractivity contribution >= 4 is 21.8 Å². The molecule has 15 heavy (non-hydrogen) atoms. The molecule has 0 aromatic carbocycles. The molecule has 0 bridgehead atoms. The Labute approximate surface area is 98.4 Å². The lowest BCUT2D eigenvalue weighted by Crippen LogP contribution is -2.43. The van der Waals surface area contributed by atoms with Gasteiger partial charge in [0.25, 0.3) is 5.91 Å².